The van der Waals surface area contributed by atoms with Gasteiger partial charge in [0.1, 0.15) is 5.76 Å². The van der Waals surface area contributed by atoms with Gasteiger partial charge in [-0.25, -0.2) is 0 Å². The smallest absolute Gasteiger partial charge is 0.237 e. The molecule has 1 amide bonds. The van der Waals surface area contributed by atoms with Crippen LogP contribution in [0.1, 0.15) is 43.6 Å². The molecule has 0 bridgehead atoms. The van der Waals surface area contributed by atoms with Crippen LogP contribution in [-0.2, 0) is 17.9 Å². The lowest BCUT2D eigenvalue weighted by molar-refractivity contribution is -0.123. The number of carbonyl (C=O) groups is 1. The molecule has 22 heavy (non-hydrogen) atoms. The molecule has 4 heteroatoms. The lowest BCUT2D eigenvalue weighted by Gasteiger charge is -2.14. The molecule has 4 nitrogen and oxygen atoms in total. The highest BCUT2D eigenvalue weighted by molar-refractivity contribution is 5.81. The van der Waals surface area contributed by atoms with E-state index in [0.29, 0.717) is 19.0 Å². The van der Waals surface area contributed by atoms with Crippen LogP contribution in [0.4, 0.5) is 0 Å². The largest absolute Gasteiger partial charge is 0.467 e. The van der Waals surface area contributed by atoms with Crippen molar-refractivity contribution in [3.8, 4) is 0 Å². The molecule has 0 spiro atoms. The summed E-state index contributed by atoms with van der Waals surface area (Å²) in [4.78, 5) is 12.0. The Kier molecular flexibility index (Phi) is 5.78. The van der Waals surface area contributed by atoms with Crippen LogP contribution in [0.5, 0.6) is 0 Å². The Morgan fingerprint density at radius 1 is 1.09 bits per heavy atom. The summed E-state index contributed by atoms with van der Waals surface area (Å²) in [5.74, 6) is 1.26. The fourth-order valence-corrected chi connectivity index (χ4v) is 2.12. The van der Waals surface area contributed by atoms with Crippen molar-refractivity contribution in [3.63, 3.8) is 0 Å². The Labute approximate surface area is 131 Å². The van der Waals surface area contributed by atoms with Crippen molar-refractivity contribution in [3.05, 3.63) is 59.5 Å². The summed E-state index contributed by atoms with van der Waals surface area (Å²) in [7, 11) is 0. The van der Waals surface area contributed by atoms with Crippen LogP contribution in [0.25, 0.3) is 0 Å². The van der Waals surface area contributed by atoms with Gasteiger partial charge in [-0.05, 0) is 36.1 Å². The van der Waals surface area contributed by atoms with Crippen molar-refractivity contribution in [2.45, 2.75) is 45.8 Å². The normalized spacial score (nSPS) is 12.4. The number of hydrogen-bond acceptors (Lipinski definition) is 3. The number of hydrogen-bond donors (Lipinski definition) is 2. The average Bonchev–Trinajstić information content (AvgIpc) is 3.04. The Balaban J connectivity index is 1.76. The van der Waals surface area contributed by atoms with Gasteiger partial charge in [0.25, 0.3) is 0 Å². The van der Waals surface area contributed by atoms with E-state index in [-0.39, 0.29) is 11.9 Å². The summed E-state index contributed by atoms with van der Waals surface area (Å²) in [5, 5.41) is 6.08. The zero-order valence-corrected chi connectivity index (χ0v) is 13.4. The minimum Gasteiger partial charge on any atom is -0.467 e. The SMILES string of the molecule is CC(NCc1ccc(C(C)C)cc1)C(=O)NCc1ccco1. The lowest BCUT2D eigenvalue weighted by Crippen LogP contribution is -2.41. The number of furan rings is 1. The standard InChI is InChI=1S/C18H24N2O2/c1-13(2)16-8-6-15(7-9-16)11-19-14(3)18(21)20-12-17-5-4-10-22-17/h4-10,13-14,19H,11-12H2,1-3H3,(H,20,21). The highest BCUT2D eigenvalue weighted by Crippen LogP contribution is 2.14. The first-order valence-corrected chi connectivity index (χ1v) is 7.68. The third kappa shape index (κ3) is 4.74. The summed E-state index contributed by atoms with van der Waals surface area (Å²) in [6, 6.07) is 11.9. The second-order valence-electron chi connectivity index (χ2n) is 5.80. The Hall–Kier alpha value is -2.07. The molecule has 0 aliphatic carbocycles. The van der Waals surface area contributed by atoms with E-state index >= 15 is 0 Å². The van der Waals surface area contributed by atoms with Crippen LogP contribution in [0.15, 0.2) is 47.1 Å². The van der Waals surface area contributed by atoms with Gasteiger partial charge in [0.15, 0.2) is 0 Å². The topological polar surface area (TPSA) is 54.3 Å². The third-order valence-electron chi connectivity index (χ3n) is 3.67. The van der Waals surface area contributed by atoms with Crippen molar-refractivity contribution in [1.29, 1.82) is 0 Å². The summed E-state index contributed by atoms with van der Waals surface area (Å²) < 4.78 is 5.19. The average molecular weight is 300 g/mol. The van der Waals surface area contributed by atoms with Crippen molar-refractivity contribution >= 4 is 5.91 Å². The fourth-order valence-electron chi connectivity index (χ4n) is 2.12. The molecular weight excluding hydrogens is 276 g/mol. The Morgan fingerprint density at radius 2 is 1.82 bits per heavy atom. The first-order chi connectivity index (χ1) is 10.6. The predicted octanol–water partition coefficient (Wildman–Crippen LogP) is 3.20. The van der Waals surface area contributed by atoms with E-state index in [1.165, 1.54) is 11.1 Å². The molecule has 0 saturated heterocycles. The molecule has 1 unspecified atom stereocenters. The molecule has 0 radical (unpaired) electrons. The van der Waals surface area contributed by atoms with E-state index in [1.54, 1.807) is 6.26 Å². The van der Waals surface area contributed by atoms with Gasteiger partial charge < -0.3 is 15.1 Å². The number of nitrogens with one attached hydrogen (secondary N) is 2. The van der Waals surface area contributed by atoms with E-state index in [0.717, 1.165) is 5.76 Å². The molecule has 2 N–H and O–H groups in total. The molecule has 0 aliphatic rings. The van der Waals surface area contributed by atoms with Crippen molar-refractivity contribution < 1.29 is 9.21 Å². The Bertz CT molecular complexity index is 574. The zero-order chi connectivity index (χ0) is 15.9. The lowest BCUT2D eigenvalue weighted by atomic mass is 10.0. The van der Waals surface area contributed by atoms with Crippen LogP contribution < -0.4 is 10.6 Å². The second kappa shape index (κ2) is 7.80. The molecular formula is C18H24N2O2. The van der Waals surface area contributed by atoms with Crippen molar-refractivity contribution in [2.24, 2.45) is 0 Å². The van der Waals surface area contributed by atoms with Gasteiger partial charge in [-0.1, -0.05) is 38.1 Å². The maximum Gasteiger partial charge on any atom is 0.237 e. The third-order valence-corrected chi connectivity index (χ3v) is 3.67. The molecule has 2 aromatic rings. The van der Waals surface area contributed by atoms with Gasteiger partial charge in [-0.3, -0.25) is 4.79 Å². The minimum atomic E-state index is -0.250. The van der Waals surface area contributed by atoms with Crippen LogP contribution in [0.2, 0.25) is 0 Å². The quantitative estimate of drug-likeness (QED) is 0.825. The molecule has 1 heterocycles. The summed E-state index contributed by atoms with van der Waals surface area (Å²) in [6.07, 6.45) is 1.60. The van der Waals surface area contributed by atoms with Crippen LogP contribution >= 0.6 is 0 Å². The van der Waals surface area contributed by atoms with Gasteiger partial charge >= 0.3 is 0 Å². The van der Waals surface area contributed by atoms with E-state index < -0.39 is 0 Å². The summed E-state index contributed by atoms with van der Waals surface area (Å²) in [6.45, 7) is 7.31. The molecule has 118 valence electrons. The zero-order valence-electron chi connectivity index (χ0n) is 13.4. The number of benzene rings is 1. The highest BCUT2D eigenvalue weighted by Gasteiger charge is 2.12. The molecule has 2 rings (SSSR count). The van der Waals surface area contributed by atoms with Gasteiger partial charge in [0.2, 0.25) is 5.91 Å². The molecule has 1 aromatic heterocycles. The van der Waals surface area contributed by atoms with E-state index in [2.05, 4.69) is 48.7 Å². The summed E-state index contributed by atoms with van der Waals surface area (Å²) in [5.41, 5.74) is 2.50. The van der Waals surface area contributed by atoms with Crippen LogP contribution in [0.3, 0.4) is 0 Å². The van der Waals surface area contributed by atoms with Gasteiger partial charge in [-0.15, -0.1) is 0 Å². The van der Waals surface area contributed by atoms with E-state index in [9.17, 15) is 4.79 Å². The maximum absolute atomic E-state index is 12.0. The minimum absolute atomic E-state index is 0.0322. The van der Waals surface area contributed by atoms with Crippen molar-refractivity contribution in [1.82, 2.24) is 10.6 Å². The molecule has 1 atom stereocenters. The van der Waals surface area contributed by atoms with E-state index in [1.807, 2.05) is 19.1 Å². The predicted molar refractivity (Wildman–Crippen MR) is 87.4 cm³/mol. The number of carbonyl (C=O) groups excluding carboxylic acids is 1. The first kappa shape index (κ1) is 16.3. The van der Waals surface area contributed by atoms with Gasteiger partial charge in [0, 0.05) is 6.54 Å². The maximum atomic E-state index is 12.0. The fraction of sp³-hybridized carbons (Fsp3) is 0.389. The van der Waals surface area contributed by atoms with Crippen molar-refractivity contribution in [2.75, 3.05) is 0 Å². The van der Waals surface area contributed by atoms with Crippen LogP contribution in [0, 0.1) is 0 Å². The summed E-state index contributed by atoms with van der Waals surface area (Å²) >= 11 is 0. The monoisotopic (exact) mass is 300 g/mol. The highest BCUT2D eigenvalue weighted by atomic mass is 16.3. The molecule has 0 aliphatic heterocycles. The van der Waals surface area contributed by atoms with Gasteiger partial charge in [0.05, 0.1) is 18.8 Å². The second-order valence-corrected chi connectivity index (χ2v) is 5.80. The molecule has 0 fully saturated rings. The number of amides is 1. The molecule has 0 saturated carbocycles. The number of rotatable bonds is 7. The first-order valence-electron chi connectivity index (χ1n) is 7.68. The van der Waals surface area contributed by atoms with E-state index in [4.69, 9.17) is 4.42 Å². The molecule has 1 aromatic carbocycles. The van der Waals surface area contributed by atoms with Crippen LogP contribution in [-0.4, -0.2) is 11.9 Å². The Morgan fingerprint density at radius 3 is 2.41 bits per heavy atom. The van der Waals surface area contributed by atoms with Gasteiger partial charge in [-0.2, -0.15) is 0 Å².